The fraction of sp³-hybridized carbons (Fsp3) is 0.647. The maximum Gasteiger partial charge on any atom is 0.0589 e. The lowest BCUT2D eigenvalue weighted by atomic mass is 10.0. The van der Waals surface area contributed by atoms with Crippen molar-refractivity contribution in [2.75, 3.05) is 39.9 Å². The van der Waals surface area contributed by atoms with Crippen molar-refractivity contribution in [3.8, 4) is 0 Å². The molecule has 20 heavy (non-hydrogen) atoms. The monoisotopic (exact) mass is 278 g/mol. The number of nitrogens with one attached hydrogen (secondary N) is 1. The van der Waals surface area contributed by atoms with Crippen LogP contribution >= 0.6 is 0 Å². The Morgan fingerprint density at radius 3 is 2.50 bits per heavy atom. The largest absolute Gasteiger partial charge is 0.383 e. The molecule has 0 fully saturated rings. The lowest BCUT2D eigenvalue weighted by Gasteiger charge is -2.24. The van der Waals surface area contributed by atoms with Gasteiger partial charge in [-0.2, -0.15) is 0 Å². The highest BCUT2D eigenvalue weighted by Crippen LogP contribution is 2.17. The summed E-state index contributed by atoms with van der Waals surface area (Å²) in [7, 11) is 1.77. The Bertz CT molecular complexity index is 329. The molecule has 1 N–H and O–H groups in total. The van der Waals surface area contributed by atoms with Gasteiger partial charge in [-0.3, -0.25) is 0 Å². The molecule has 0 aromatic heterocycles. The summed E-state index contributed by atoms with van der Waals surface area (Å²) < 4.78 is 5.17. The molecule has 1 unspecified atom stereocenters. The molecule has 0 spiro atoms. The van der Waals surface area contributed by atoms with Crippen molar-refractivity contribution >= 4 is 0 Å². The van der Waals surface area contributed by atoms with E-state index < -0.39 is 0 Å². The van der Waals surface area contributed by atoms with Gasteiger partial charge in [-0.15, -0.1) is 0 Å². The second kappa shape index (κ2) is 10.8. The smallest absolute Gasteiger partial charge is 0.0589 e. The van der Waals surface area contributed by atoms with E-state index in [1.165, 1.54) is 12.0 Å². The fourth-order valence-corrected chi connectivity index (χ4v) is 2.35. The Kier molecular flexibility index (Phi) is 9.29. The Morgan fingerprint density at radius 1 is 1.15 bits per heavy atom. The van der Waals surface area contributed by atoms with E-state index in [4.69, 9.17) is 4.74 Å². The van der Waals surface area contributed by atoms with Gasteiger partial charge in [0.25, 0.3) is 0 Å². The number of benzene rings is 1. The molecule has 1 rings (SSSR count). The molecule has 0 heterocycles. The van der Waals surface area contributed by atoms with Crippen molar-refractivity contribution in [3.63, 3.8) is 0 Å². The van der Waals surface area contributed by atoms with Crippen molar-refractivity contribution in [2.24, 2.45) is 0 Å². The first-order valence-corrected chi connectivity index (χ1v) is 7.81. The minimum atomic E-state index is 0.452. The van der Waals surface area contributed by atoms with Crippen molar-refractivity contribution in [3.05, 3.63) is 35.9 Å². The van der Waals surface area contributed by atoms with Crippen LogP contribution in [0.5, 0.6) is 0 Å². The van der Waals surface area contributed by atoms with Crippen molar-refractivity contribution in [1.29, 1.82) is 0 Å². The maximum absolute atomic E-state index is 5.17. The van der Waals surface area contributed by atoms with Gasteiger partial charge in [0, 0.05) is 26.2 Å². The van der Waals surface area contributed by atoms with Gasteiger partial charge >= 0.3 is 0 Å². The number of hydrogen-bond acceptors (Lipinski definition) is 3. The highest BCUT2D eigenvalue weighted by atomic mass is 16.5. The van der Waals surface area contributed by atoms with Crippen molar-refractivity contribution in [1.82, 2.24) is 10.2 Å². The van der Waals surface area contributed by atoms with E-state index in [0.717, 1.165) is 39.2 Å². The van der Waals surface area contributed by atoms with Gasteiger partial charge in [0.15, 0.2) is 0 Å². The van der Waals surface area contributed by atoms with Gasteiger partial charge in [0.2, 0.25) is 0 Å². The lowest BCUT2D eigenvalue weighted by Crippen LogP contribution is -2.32. The Morgan fingerprint density at radius 2 is 1.90 bits per heavy atom. The standard InChI is InChI=1S/C17H30N2O/c1-4-12-18-17(16-9-7-6-8-10-16)11-13-19(5-2)14-15-20-3/h6-10,17-18H,4-5,11-15H2,1-3H3. The average molecular weight is 278 g/mol. The molecule has 0 amide bonds. The summed E-state index contributed by atoms with van der Waals surface area (Å²) in [5.41, 5.74) is 1.39. The fourth-order valence-electron chi connectivity index (χ4n) is 2.35. The predicted octanol–water partition coefficient (Wildman–Crippen LogP) is 3.09. The van der Waals surface area contributed by atoms with E-state index in [0.29, 0.717) is 6.04 Å². The van der Waals surface area contributed by atoms with E-state index in [9.17, 15) is 0 Å². The molecule has 0 aliphatic heterocycles. The van der Waals surface area contributed by atoms with E-state index in [1.54, 1.807) is 7.11 Å². The zero-order valence-corrected chi connectivity index (χ0v) is 13.3. The SMILES string of the molecule is CCCNC(CCN(CC)CCOC)c1ccccc1. The molecular formula is C17H30N2O. The molecule has 3 nitrogen and oxygen atoms in total. The molecule has 0 bridgehead atoms. The number of methoxy groups -OCH3 is 1. The summed E-state index contributed by atoms with van der Waals surface area (Å²) in [6.45, 7) is 9.52. The summed E-state index contributed by atoms with van der Waals surface area (Å²) in [6.07, 6.45) is 2.31. The van der Waals surface area contributed by atoms with Crippen LogP contribution in [0.2, 0.25) is 0 Å². The predicted molar refractivity (Wildman–Crippen MR) is 86.1 cm³/mol. The lowest BCUT2D eigenvalue weighted by molar-refractivity contribution is 0.148. The van der Waals surface area contributed by atoms with Crippen molar-refractivity contribution in [2.45, 2.75) is 32.7 Å². The minimum absolute atomic E-state index is 0.452. The number of hydrogen-bond donors (Lipinski definition) is 1. The summed E-state index contributed by atoms with van der Waals surface area (Å²) in [6, 6.07) is 11.2. The molecule has 0 saturated heterocycles. The summed E-state index contributed by atoms with van der Waals surface area (Å²) >= 11 is 0. The van der Waals surface area contributed by atoms with Gasteiger partial charge in [-0.25, -0.2) is 0 Å². The Balaban J connectivity index is 2.51. The zero-order valence-electron chi connectivity index (χ0n) is 13.3. The van der Waals surface area contributed by atoms with E-state index in [2.05, 4.69) is 54.4 Å². The normalized spacial score (nSPS) is 12.8. The topological polar surface area (TPSA) is 24.5 Å². The summed E-state index contributed by atoms with van der Waals surface area (Å²) in [5.74, 6) is 0. The Hall–Kier alpha value is -0.900. The first kappa shape index (κ1) is 17.2. The van der Waals surface area contributed by atoms with Crippen molar-refractivity contribution < 1.29 is 4.74 Å². The van der Waals surface area contributed by atoms with E-state index >= 15 is 0 Å². The van der Waals surface area contributed by atoms with Crippen LogP contribution in [0.1, 0.15) is 38.3 Å². The molecular weight excluding hydrogens is 248 g/mol. The average Bonchev–Trinajstić information content (AvgIpc) is 2.51. The number of rotatable bonds is 11. The highest BCUT2D eigenvalue weighted by Gasteiger charge is 2.12. The van der Waals surface area contributed by atoms with Gasteiger partial charge < -0.3 is 15.0 Å². The third-order valence-electron chi connectivity index (χ3n) is 3.64. The molecule has 3 heteroatoms. The molecule has 0 aliphatic rings. The molecule has 0 aliphatic carbocycles. The first-order valence-electron chi connectivity index (χ1n) is 7.81. The van der Waals surface area contributed by atoms with E-state index in [-0.39, 0.29) is 0 Å². The first-order chi connectivity index (χ1) is 9.81. The third kappa shape index (κ3) is 6.51. The Labute approximate surface area is 124 Å². The van der Waals surface area contributed by atoms with Crippen LogP contribution < -0.4 is 5.32 Å². The van der Waals surface area contributed by atoms with Gasteiger partial charge in [-0.05, 0) is 31.5 Å². The van der Waals surface area contributed by atoms with Gasteiger partial charge in [0.05, 0.1) is 6.61 Å². The van der Waals surface area contributed by atoms with Crippen LogP contribution in [-0.4, -0.2) is 44.8 Å². The maximum atomic E-state index is 5.17. The molecule has 1 aromatic carbocycles. The molecule has 0 radical (unpaired) electrons. The molecule has 1 atom stereocenters. The second-order valence-corrected chi connectivity index (χ2v) is 5.13. The van der Waals surface area contributed by atoms with E-state index in [1.807, 2.05) is 0 Å². The second-order valence-electron chi connectivity index (χ2n) is 5.13. The zero-order chi connectivity index (χ0) is 14.6. The number of ether oxygens (including phenoxy) is 1. The quantitative estimate of drug-likeness (QED) is 0.673. The number of nitrogens with zero attached hydrogens (tertiary/aromatic N) is 1. The molecule has 1 aromatic rings. The number of likely N-dealkylation sites (N-methyl/N-ethyl adjacent to an activating group) is 1. The summed E-state index contributed by atoms with van der Waals surface area (Å²) in [5, 5.41) is 3.66. The van der Waals surface area contributed by atoms with Crippen LogP contribution in [0.3, 0.4) is 0 Å². The molecule has 0 saturated carbocycles. The van der Waals surface area contributed by atoms with Gasteiger partial charge in [-0.1, -0.05) is 44.2 Å². The molecule has 114 valence electrons. The van der Waals surface area contributed by atoms with Crippen LogP contribution in [-0.2, 0) is 4.74 Å². The van der Waals surface area contributed by atoms with Crippen LogP contribution in [0.4, 0.5) is 0 Å². The van der Waals surface area contributed by atoms with Crippen LogP contribution in [0.25, 0.3) is 0 Å². The van der Waals surface area contributed by atoms with Gasteiger partial charge in [0.1, 0.15) is 0 Å². The van der Waals surface area contributed by atoms with Crippen LogP contribution in [0.15, 0.2) is 30.3 Å². The van der Waals surface area contributed by atoms with Crippen LogP contribution in [0, 0.1) is 0 Å². The third-order valence-corrected chi connectivity index (χ3v) is 3.64. The minimum Gasteiger partial charge on any atom is -0.383 e. The highest BCUT2D eigenvalue weighted by molar-refractivity contribution is 5.18. The summed E-state index contributed by atoms with van der Waals surface area (Å²) in [4.78, 5) is 2.45.